The van der Waals surface area contributed by atoms with Gasteiger partial charge in [0.25, 0.3) is 0 Å². The van der Waals surface area contributed by atoms with Crippen molar-refractivity contribution in [2.24, 2.45) is 5.41 Å². The highest BCUT2D eigenvalue weighted by Crippen LogP contribution is 2.23. The summed E-state index contributed by atoms with van der Waals surface area (Å²) in [5.74, 6) is -0.0489. The maximum atomic E-state index is 12.2. The fourth-order valence-corrected chi connectivity index (χ4v) is 2.08. The number of pyridine rings is 1. The summed E-state index contributed by atoms with van der Waals surface area (Å²) >= 11 is 0. The summed E-state index contributed by atoms with van der Waals surface area (Å²) in [5.41, 5.74) is -1.26. The predicted molar refractivity (Wildman–Crippen MR) is 82.1 cm³/mol. The van der Waals surface area contributed by atoms with E-state index in [0.717, 1.165) is 4.40 Å². The number of hydrogen-bond acceptors (Lipinski definition) is 6. The number of hydrogen-bond donors (Lipinski definition) is 2. The minimum atomic E-state index is -0.726. The number of nitro groups is 1. The fraction of sp³-hybridized carbons (Fsp3) is 0.429. The van der Waals surface area contributed by atoms with Gasteiger partial charge in [-0.15, -0.1) is 0 Å². The maximum Gasteiger partial charge on any atom is 0.376 e. The smallest absolute Gasteiger partial charge is 0.376 e. The van der Waals surface area contributed by atoms with E-state index in [4.69, 9.17) is 5.11 Å². The Labute approximate surface area is 126 Å². The van der Waals surface area contributed by atoms with Crippen LogP contribution in [0.4, 0.5) is 11.5 Å². The van der Waals surface area contributed by atoms with Crippen LogP contribution >= 0.6 is 0 Å². The number of rotatable bonds is 6. The van der Waals surface area contributed by atoms with Crippen molar-refractivity contribution in [1.82, 2.24) is 9.38 Å². The summed E-state index contributed by atoms with van der Waals surface area (Å²) in [4.78, 5) is 26.9. The van der Waals surface area contributed by atoms with Crippen LogP contribution in [0.5, 0.6) is 0 Å². The average Bonchev–Trinajstić information content (AvgIpc) is 2.45. The van der Waals surface area contributed by atoms with E-state index in [1.54, 1.807) is 18.2 Å². The first kappa shape index (κ1) is 15.9. The lowest BCUT2D eigenvalue weighted by Crippen LogP contribution is -2.27. The molecule has 2 aromatic heterocycles. The Kier molecular flexibility index (Phi) is 4.41. The van der Waals surface area contributed by atoms with Crippen molar-refractivity contribution in [2.75, 3.05) is 18.5 Å². The first-order chi connectivity index (χ1) is 10.4. The Hall–Kier alpha value is -2.48. The zero-order chi connectivity index (χ0) is 16.3. The van der Waals surface area contributed by atoms with Gasteiger partial charge in [0.1, 0.15) is 5.65 Å². The van der Waals surface area contributed by atoms with Gasteiger partial charge in [-0.3, -0.25) is 19.3 Å². The molecule has 0 saturated carbocycles. The van der Waals surface area contributed by atoms with Gasteiger partial charge in [0, 0.05) is 19.3 Å². The van der Waals surface area contributed by atoms with Crippen LogP contribution in [0, 0.1) is 15.5 Å². The molecule has 0 aliphatic heterocycles. The molecular formula is C14H18N4O4. The monoisotopic (exact) mass is 306 g/mol. The number of aliphatic hydroxyl groups excluding tert-OH is 1. The van der Waals surface area contributed by atoms with E-state index in [-0.39, 0.29) is 17.8 Å². The molecule has 0 unspecified atom stereocenters. The Balaban J connectivity index is 2.46. The van der Waals surface area contributed by atoms with Crippen molar-refractivity contribution < 1.29 is 10.0 Å². The minimum absolute atomic E-state index is 0.0184. The van der Waals surface area contributed by atoms with Crippen molar-refractivity contribution in [1.29, 1.82) is 0 Å². The third-order valence-electron chi connectivity index (χ3n) is 3.42. The summed E-state index contributed by atoms with van der Waals surface area (Å²) in [6, 6.07) is 4.92. The van der Waals surface area contributed by atoms with Crippen LogP contribution in [-0.2, 0) is 0 Å². The molecule has 0 spiro atoms. The number of aliphatic hydroxyl groups is 1. The first-order valence-corrected chi connectivity index (χ1v) is 6.86. The quantitative estimate of drug-likeness (QED) is 0.617. The van der Waals surface area contributed by atoms with Gasteiger partial charge in [0.15, 0.2) is 0 Å². The average molecular weight is 306 g/mol. The Morgan fingerprint density at radius 1 is 1.45 bits per heavy atom. The number of nitrogens with one attached hydrogen (secondary N) is 1. The number of fused-ring (bicyclic) bond motifs is 1. The van der Waals surface area contributed by atoms with Crippen LogP contribution in [-0.4, -0.2) is 32.6 Å². The SMILES string of the molecule is CC(C)(CCO)CNc1nc2ccccn2c(=O)c1[N+](=O)[O-]. The van der Waals surface area contributed by atoms with E-state index in [1.165, 1.54) is 6.20 Å². The highest BCUT2D eigenvalue weighted by molar-refractivity contribution is 5.59. The van der Waals surface area contributed by atoms with Gasteiger partial charge in [-0.25, -0.2) is 4.98 Å². The summed E-state index contributed by atoms with van der Waals surface area (Å²) < 4.78 is 1.14. The second-order valence-corrected chi connectivity index (χ2v) is 5.79. The van der Waals surface area contributed by atoms with Crippen LogP contribution < -0.4 is 10.9 Å². The molecule has 2 N–H and O–H groups in total. The predicted octanol–water partition coefficient (Wildman–Crippen LogP) is 1.42. The molecule has 2 rings (SSSR count). The Morgan fingerprint density at radius 3 is 2.82 bits per heavy atom. The third kappa shape index (κ3) is 3.22. The van der Waals surface area contributed by atoms with Crippen LogP contribution in [0.25, 0.3) is 5.65 Å². The molecule has 0 amide bonds. The zero-order valence-electron chi connectivity index (χ0n) is 12.4. The first-order valence-electron chi connectivity index (χ1n) is 6.86. The van der Waals surface area contributed by atoms with Gasteiger partial charge in [0.2, 0.25) is 5.82 Å². The zero-order valence-corrected chi connectivity index (χ0v) is 12.4. The topological polar surface area (TPSA) is 110 Å². The van der Waals surface area contributed by atoms with Crippen molar-refractivity contribution in [3.63, 3.8) is 0 Å². The maximum absolute atomic E-state index is 12.2. The highest BCUT2D eigenvalue weighted by Gasteiger charge is 2.25. The van der Waals surface area contributed by atoms with Crippen LogP contribution in [0.3, 0.4) is 0 Å². The van der Waals surface area contributed by atoms with E-state index < -0.39 is 16.2 Å². The van der Waals surface area contributed by atoms with E-state index in [2.05, 4.69) is 10.3 Å². The largest absolute Gasteiger partial charge is 0.396 e. The van der Waals surface area contributed by atoms with Gasteiger partial charge in [-0.2, -0.15) is 0 Å². The summed E-state index contributed by atoms with van der Waals surface area (Å²) in [7, 11) is 0. The fourth-order valence-electron chi connectivity index (χ4n) is 2.08. The lowest BCUT2D eigenvalue weighted by atomic mass is 9.90. The molecule has 118 valence electrons. The van der Waals surface area contributed by atoms with Gasteiger partial charge in [0.05, 0.1) is 4.92 Å². The molecule has 0 aliphatic carbocycles. The molecule has 0 aliphatic rings. The third-order valence-corrected chi connectivity index (χ3v) is 3.42. The summed E-state index contributed by atoms with van der Waals surface area (Å²) in [5, 5.41) is 23.1. The molecule has 0 bridgehead atoms. The number of aromatic nitrogens is 2. The van der Waals surface area contributed by atoms with E-state index >= 15 is 0 Å². The molecule has 2 heterocycles. The Morgan fingerprint density at radius 2 is 2.18 bits per heavy atom. The minimum Gasteiger partial charge on any atom is -0.396 e. The van der Waals surface area contributed by atoms with Crippen molar-refractivity contribution in [2.45, 2.75) is 20.3 Å². The van der Waals surface area contributed by atoms with E-state index in [1.807, 2.05) is 13.8 Å². The van der Waals surface area contributed by atoms with Gasteiger partial charge < -0.3 is 10.4 Å². The van der Waals surface area contributed by atoms with Crippen molar-refractivity contribution in [3.8, 4) is 0 Å². The van der Waals surface area contributed by atoms with Crippen molar-refractivity contribution in [3.05, 3.63) is 44.9 Å². The summed E-state index contributed by atoms with van der Waals surface area (Å²) in [6.07, 6.45) is 1.97. The molecule has 0 radical (unpaired) electrons. The lowest BCUT2D eigenvalue weighted by molar-refractivity contribution is -0.385. The second-order valence-electron chi connectivity index (χ2n) is 5.79. The van der Waals surface area contributed by atoms with Crippen LogP contribution in [0.2, 0.25) is 0 Å². The standard InChI is InChI=1S/C14H18N4O4/c1-14(2,6-8-19)9-15-12-11(18(21)22)13(20)17-7-4-3-5-10(17)16-12/h3-5,7,15,19H,6,8-9H2,1-2H3. The molecule has 2 aromatic rings. The molecule has 0 fully saturated rings. The van der Waals surface area contributed by atoms with Gasteiger partial charge >= 0.3 is 11.2 Å². The molecule has 0 atom stereocenters. The van der Waals surface area contributed by atoms with E-state index in [9.17, 15) is 14.9 Å². The molecule has 8 nitrogen and oxygen atoms in total. The molecule has 8 heteroatoms. The summed E-state index contributed by atoms with van der Waals surface area (Å²) in [6.45, 7) is 4.19. The molecule has 22 heavy (non-hydrogen) atoms. The normalized spacial score (nSPS) is 11.6. The van der Waals surface area contributed by atoms with Crippen LogP contribution in [0.1, 0.15) is 20.3 Å². The van der Waals surface area contributed by atoms with Crippen molar-refractivity contribution >= 4 is 17.2 Å². The molecular weight excluding hydrogens is 288 g/mol. The second kappa shape index (κ2) is 6.10. The van der Waals surface area contributed by atoms with Gasteiger partial charge in [-0.05, 0) is 24.0 Å². The van der Waals surface area contributed by atoms with Gasteiger partial charge in [-0.1, -0.05) is 19.9 Å². The molecule has 0 saturated heterocycles. The number of nitrogens with zero attached hydrogens (tertiary/aromatic N) is 3. The lowest BCUT2D eigenvalue weighted by Gasteiger charge is -2.24. The number of anilines is 1. The highest BCUT2D eigenvalue weighted by atomic mass is 16.6. The van der Waals surface area contributed by atoms with E-state index in [0.29, 0.717) is 18.6 Å². The van der Waals surface area contributed by atoms with Crippen LogP contribution in [0.15, 0.2) is 29.2 Å². The Bertz CT molecular complexity index is 754. The molecule has 0 aromatic carbocycles.